The fraction of sp³-hybridized carbons (Fsp3) is 0.125. The monoisotopic (exact) mass is 282 g/mol. The lowest BCUT2D eigenvalue weighted by Gasteiger charge is -2.47. The van der Waals surface area contributed by atoms with Crippen molar-refractivity contribution < 1.29 is 4.79 Å². The van der Waals surface area contributed by atoms with Crippen molar-refractivity contribution in [3.05, 3.63) is 65.2 Å². The number of anilines is 1. The predicted molar refractivity (Wildman–Crippen MR) is 77.5 cm³/mol. The van der Waals surface area contributed by atoms with Crippen molar-refractivity contribution >= 4 is 23.1 Å². The molecule has 1 fully saturated rings. The highest BCUT2D eigenvalue weighted by Gasteiger charge is 2.55. The van der Waals surface area contributed by atoms with Crippen LogP contribution in [0, 0.1) is 11.3 Å². The first-order chi connectivity index (χ1) is 9.68. The topological polar surface area (TPSA) is 44.1 Å². The van der Waals surface area contributed by atoms with Crippen LogP contribution in [0.2, 0.25) is 5.02 Å². The second-order valence-corrected chi connectivity index (χ2v) is 5.11. The zero-order chi connectivity index (χ0) is 14.2. The molecule has 4 heteroatoms. The third-order valence-electron chi connectivity index (χ3n) is 3.60. The van der Waals surface area contributed by atoms with Crippen LogP contribution in [0.1, 0.15) is 5.56 Å². The van der Waals surface area contributed by atoms with Crippen LogP contribution < -0.4 is 4.90 Å². The fourth-order valence-corrected chi connectivity index (χ4v) is 2.65. The van der Waals surface area contributed by atoms with Gasteiger partial charge in [-0.1, -0.05) is 41.9 Å². The first-order valence-corrected chi connectivity index (χ1v) is 6.59. The molecular formula is C16H11ClN2O. The molecular weight excluding hydrogens is 272 g/mol. The fourth-order valence-electron chi connectivity index (χ4n) is 2.52. The van der Waals surface area contributed by atoms with Gasteiger partial charge in [0.15, 0.2) is 5.78 Å². The summed E-state index contributed by atoms with van der Waals surface area (Å²) in [5, 5.41) is 10.2. The minimum absolute atomic E-state index is 0.0915. The van der Waals surface area contributed by atoms with Gasteiger partial charge in [-0.15, -0.1) is 0 Å². The van der Waals surface area contributed by atoms with Gasteiger partial charge >= 0.3 is 0 Å². The van der Waals surface area contributed by atoms with Crippen LogP contribution in [-0.4, -0.2) is 12.3 Å². The summed E-state index contributed by atoms with van der Waals surface area (Å²) in [6.07, 6.45) is 0. The Kier molecular flexibility index (Phi) is 2.96. The molecule has 0 amide bonds. The molecule has 20 heavy (non-hydrogen) atoms. The molecule has 0 aromatic heterocycles. The summed E-state index contributed by atoms with van der Waals surface area (Å²) in [6.45, 7) is 0.250. The molecule has 98 valence electrons. The Labute approximate surface area is 122 Å². The lowest BCUT2D eigenvalue weighted by Crippen LogP contribution is -2.65. The van der Waals surface area contributed by atoms with Crippen molar-refractivity contribution in [1.82, 2.24) is 0 Å². The lowest BCUT2D eigenvalue weighted by molar-refractivity contribution is -0.126. The maximum Gasteiger partial charge on any atom is 0.214 e. The second kappa shape index (κ2) is 4.66. The summed E-state index contributed by atoms with van der Waals surface area (Å²) in [5.74, 6) is -0.0915. The van der Waals surface area contributed by atoms with Crippen LogP contribution >= 0.6 is 11.6 Å². The van der Waals surface area contributed by atoms with E-state index in [-0.39, 0.29) is 12.3 Å². The van der Waals surface area contributed by atoms with Crippen molar-refractivity contribution in [2.75, 3.05) is 11.4 Å². The van der Waals surface area contributed by atoms with Gasteiger partial charge in [0.2, 0.25) is 5.54 Å². The number of nitriles is 1. The van der Waals surface area contributed by atoms with Crippen LogP contribution in [0.3, 0.4) is 0 Å². The number of ketones is 1. The Morgan fingerprint density at radius 2 is 1.75 bits per heavy atom. The van der Waals surface area contributed by atoms with Gasteiger partial charge in [0, 0.05) is 10.7 Å². The van der Waals surface area contributed by atoms with Crippen molar-refractivity contribution in [2.45, 2.75) is 5.54 Å². The molecule has 1 atom stereocenters. The first-order valence-electron chi connectivity index (χ1n) is 6.22. The Balaban J connectivity index is 2.09. The Hall–Kier alpha value is -2.31. The lowest BCUT2D eigenvalue weighted by atomic mass is 9.77. The summed E-state index contributed by atoms with van der Waals surface area (Å²) in [7, 11) is 0. The molecule has 1 aliphatic heterocycles. The Morgan fingerprint density at radius 3 is 2.30 bits per heavy atom. The van der Waals surface area contributed by atoms with Crippen LogP contribution in [-0.2, 0) is 10.3 Å². The number of carbonyl (C=O) groups is 1. The van der Waals surface area contributed by atoms with E-state index in [0.717, 1.165) is 5.69 Å². The summed E-state index contributed by atoms with van der Waals surface area (Å²) in [5.41, 5.74) is 0.291. The van der Waals surface area contributed by atoms with Crippen LogP contribution in [0.25, 0.3) is 0 Å². The average Bonchev–Trinajstić information content (AvgIpc) is 2.48. The highest BCUT2D eigenvalue weighted by Crippen LogP contribution is 2.40. The van der Waals surface area contributed by atoms with Gasteiger partial charge in [0.1, 0.15) is 6.07 Å². The van der Waals surface area contributed by atoms with E-state index in [1.165, 1.54) is 0 Å². The van der Waals surface area contributed by atoms with Crippen LogP contribution in [0.15, 0.2) is 54.6 Å². The van der Waals surface area contributed by atoms with Crippen molar-refractivity contribution in [1.29, 1.82) is 5.26 Å². The molecule has 3 rings (SSSR count). The molecule has 1 heterocycles. The second-order valence-electron chi connectivity index (χ2n) is 4.67. The van der Waals surface area contributed by atoms with E-state index >= 15 is 0 Å². The summed E-state index contributed by atoms with van der Waals surface area (Å²) < 4.78 is 0. The molecule has 1 saturated heterocycles. The van der Waals surface area contributed by atoms with Gasteiger partial charge in [0.25, 0.3) is 0 Å². The third-order valence-corrected chi connectivity index (χ3v) is 3.85. The smallest absolute Gasteiger partial charge is 0.214 e. The zero-order valence-corrected chi connectivity index (χ0v) is 11.3. The number of para-hydroxylation sites is 1. The number of carbonyl (C=O) groups excluding carboxylic acids is 1. The highest BCUT2D eigenvalue weighted by molar-refractivity contribution is 6.30. The Bertz CT molecular complexity index is 691. The number of hydrogen-bond acceptors (Lipinski definition) is 3. The zero-order valence-electron chi connectivity index (χ0n) is 10.6. The standard InChI is InChI=1S/C16H11ClN2O/c17-13-8-6-12(7-9-13)16(11-18)15(20)10-19(16)14-4-2-1-3-5-14/h1-9H,10H2. The van der Waals surface area contributed by atoms with Crippen LogP contribution in [0.5, 0.6) is 0 Å². The molecule has 0 radical (unpaired) electrons. The molecule has 0 spiro atoms. The van der Waals surface area contributed by atoms with Gasteiger partial charge < -0.3 is 4.90 Å². The molecule has 0 bridgehead atoms. The van der Waals surface area contributed by atoms with E-state index in [1.807, 2.05) is 35.2 Å². The van der Waals surface area contributed by atoms with Gasteiger partial charge in [-0.05, 0) is 29.8 Å². The van der Waals surface area contributed by atoms with Crippen molar-refractivity contribution in [3.63, 3.8) is 0 Å². The number of nitrogens with zero attached hydrogens (tertiary/aromatic N) is 2. The molecule has 1 unspecified atom stereocenters. The maximum atomic E-state index is 12.2. The van der Waals surface area contributed by atoms with Gasteiger partial charge in [-0.3, -0.25) is 4.79 Å². The normalized spacial score (nSPS) is 21.2. The van der Waals surface area contributed by atoms with E-state index in [4.69, 9.17) is 11.6 Å². The SMILES string of the molecule is N#CC1(c2ccc(Cl)cc2)C(=O)CN1c1ccccc1. The molecule has 1 aliphatic rings. The average molecular weight is 283 g/mol. The molecule has 0 saturated carbocycles. The van der Waals surface area contributed by atoms with E-state index in [9.17, 15) is 10.1 Å². The highest BCUT2D eigenvalue weighted by atomic mass is 35.5. The van der Waals surface area contributed by atoms with Crippen molar-refractivity contribution in [3.8, 4) is 6.07 Å². The van der Waals surface area contributed by atoms with E-state index in [2.05, 4.69) is 6.07 Å². The maximum absolute atomic E-state index is 12.2. The predicted octanol–water partition coefficient (Wildman–Crippen LogP) is 3.15. The number of rotatable bonds is 2. The third kappa shape index (κ3) is 1.70. The van der Waals surface area contributed by atoms with Gasteiger partial charge in [0.05, 0.1) is 6.54 Å². The van der Waals surface area contributed by atoms with Crippen molar-refractivity contribution in [2.24, 2.45) is 0 Å². The quantitative estimate of drug-likeness (QED) is 0.850. The van der Waals surface area contributed by atoms with E-state index < -0.39 is 5.54 Å². The number of benzene rings is 2. The minimum Gasteiger partial charge on any atom is -0.336 e. The van der Waals surface area contributed by atoms with E-state index in [0.29, 0.717) is 10.6 Å². The molecule has 2 aromatic rings. The largest absolute Gasteiger partial charge is 0.336 e. The number of hydrogen-bond donors (Lipinski definition) is 0. The van der Waals surface area contributed by atoms with Crippen LogP contribution in [0.4, 0.5) is 5.69 Å². The molecule has 2 aromatic carbocycles. The van der Waals surface area contributed by atoms with E-state index in [1.54, 1.807) is 24.3 Å². The summed E-state index contributed by atoms with van der Waals surface area (Å²) in [6, 6.07) is 18.5. The first kappa shape index (κ1) is 12.7. The molecule has 0 N–H and O–H groups in total. The van der Waals surface area contributed by atoms with Gasteiger partial charge in [-0.2, -0.15) is 5.26 Å². The minimum atomic E-state index is -1.23. The number of halogens is 1. The molecule has 3 nitrogen and oxygen atoms in total. The number of Topliss-reactive ketones (excluding diaryl/α,β-unsaturated/α-hetero) is 1. The Morgan fingerprint density at radius 1 is 1.10 bits per heavy atom. The summed E-state index contributed by atoms with van der Waals surface area (Å²) >= 11 is 5.87. The summed E-state index contributed by atoms with van der Waals surface area (Å²) in [4.78, 5) is 14.0. The van der Waals surface area contributed by atoms with Gasteiger partial charge in [-0.25, -0.2) is 0 Å². The molecule has 0 aliphatic carbocycles.